The summed E-state index contributed by atoms with van der Waals surface area (Å²) < 4.78 is 2.18. The summed E-state index contributed by atoms with van der Waals surface area (Å²) in [5.74, 6) is 0. The van der Waals surface area contributed by atoms with E-state index in [1.165, 1.54) is 0 Å². The highest BCUT2D eigenvalue weighted by Gasteiger charge is 2.32. The predicted octanol–water partition coefficient (Wildman–Crippen LogP) is 5.15. The van der Waals surface area contributed by atoms with Crippen molar-refractivity contribution in [1.29, 1.82) is 0 Å². The van der Waals surface area contributed by atoms with E-state index < -0.39 is 0 Å². The SMILES string of the molecule is CC(C)NC(=O)N1Cc2ccccc2-n2cccc2C1c1ccc(Cl)cc1. The first-order valence-electron chi connectivity index (χ1n) is 9.12. The Balaban J connectivity index is 1.89. The molecule has 0 saturated carbocycles. The Morgan fingerprint density at radius 1 is 1.07 bits per heavy atom. The van der Waals surface area contributed by atoms with Gasteiger partial charge in [0, 0.05) is 23.0 Å². The molecule has 4 nitrogen and oxygen atoms in total. The van der Waals surface area contributed by atoms with Gasteiger partial charge < -0.3 is 14.8 Å². The normalized spacial score (nSPS) is 15.9. The number of para-hydroxylation sites is 1. The van der Waals surface area contributed by atoms with Crippen LogP contribution in [0.2, 0.25) is 5.02 Å². The van der Waals surface area contributed by atoms with E-state index >= 15 is 0 Å². The number of nitrogens with one attached hydrogen (secondary N) is 1. The van der Waals surface area contributed by atoms with E-state index in [0.29, 0.717) is 11.6 Å². The van der Waals surface area contributed by atoms with Gasteiger partial charge in [0.2, 0.25) is 0 Å². The van der Waals surface area contributed by atoms with Crippen molar-refractivity contribution in [1.82, 2.24) is 14.8 Å². The summed E-state index contributed by atoms with van der Waals surface area (Å²) in [7, 11) is 0. The van der Waals surface area contributed by atoms with E-state index in [4.69, 9.17) is 11.6 Å². The quantitative estimate of drug-likeness (QED) is 0.656. The Labute approximate surface area is 164 Å². The van der Waals surface area contributed by atoms with Crippen LogP contribution in [-0.4, -0.2) is 21.5 Å². The summed E-state index contributed by atoms with van der Waals surface area (Å²) in [5, 5.41) is 3.74. The van der Waals surface area contributed by atoms with Crippen LogP contribution >= 0.6 is 11.6 Å². The summed E-state index contributed by atoms with van der Waals surface area (Å²) in [5.41, 5.74) is 4.31. The number of carbonyl (C=O) groups excluding carboxylic acids is 1. The molecule has 1 aliphatic heterocycles. The van der Waals surface area contributed by atoms with Gasteiger partial charge in [0.25, 0.3) is 0 Å². The summed E-state index contributed by atoms with van der Waals surface area (Å²) in [6, 6.07) is 19.9. The van der Waals surface area contributed by atoms with Crippen LogP contribution in [0.5, 0.6) is 0 Å². The maximum Gasteiger partial charge on any atom is 0.318 e. The van der Waals surface area contributed by atoms with Crippen molar-refractivity contribution in [2.75, 3.05) is 0 Å². The minimum Gasteiger partial charge on any atom is -0.336 e. The number of rotatable bonds is 2. The molecule has 0 aliphatic carbocycles. The third kappa shape index (κ3) is 3.33. The molecule has 1 atom stereocenters. The minimum atomic E-state index is -0.205. The number of urea groups is 1. The Bertz CT molecular complexity index is 962. The van der Waals surface area contributed by atoms with Crippen molar-refractivity contribution in [2.24, 2.45) is 0 Å². The Kier molecular flexibility index (Phi) is 4.66. The van der Waals surface area contributed by atoms with Crippen LogP contribution in [0, 0.1) is 0 Å². The van der Waals surface area contributed by atoms with Gasteiger partial charge in [-0.2, -0.15) is 0 Å². The lowest BCUT2D eigenvalue weighted by Crippen LogP contribution is -2.44. The number of nitrogens with zero attached hydrogens (tertiary/aromatic N) is 2. The Morgan fingerprint density at radius 3 is 2.56 bits per heavy atom. The molecule has 0 fully saturated rings. The lowest BCUT2D eigenvalue weighted by atomic mass is 10.0. The van der Waals surface area contributed by atoms with E-state index in [0.717, 1.165) is 22.5 Å². The van der Waals surface area contributed by atoms with E-state index in [9.17, 15) is 4.79 Å². The maximum absolute atomic E-state index is 13.1. The van der Waals surface area contributed by atoms with Crippen LogP contribution in [0.1, 0.15) is 36.7 Å². The standard InChI is InChI=1S/C22H22ClN3O/c1-15(2)24-22(27)26-14-17-6-3-4-7-19(17)25-13-5-8-20(25)21(26)16-9-11-18(23)12-10-16/h3-13,15,21H,14H2,1-2H3,(H,24,27). The van der Waals surface area contributed by atoms with Gasteiger partial charge in [-0.05, 0) is 55.3 Å². The van der Waals surface area contributed by atoms with Gasteiger partial charge in [-0.15, -0.1) is 0 Å². The van der Waals surface area contributed by atoms with Gasteiger partial charge in [-0.25, -0.2) is 4.79 Å². The van der Waals surface area contributed by atoms with Crippen LogP contribution in [0.4, 0.5) is 4.79 Å². The number of aromatic nitrogens is 1. The molecule has 1 aromatic heterocycles. The zero-order valence-electron chi connectivity index (χ0n) is 15.4. The van der Waals surface area contributed by atoms with Crippen LogP contribution in [0.3, 0.4) is 0 Å². The Morgan fingerprint density at radius 2 is 1.81 bits per heavy atom. The largest absolute Gasteiger partial charge is 0.336 e. The van der Waals surface area contributed by atoms with Crippen molar-refractivity contribution in [2.45, 2.75) is 32.5 Å². The summed E-state index contributed by atoms with van der Waals surface area (Å²) in [4.78, 5) is 15.0. The third-order valence-electron chi connectivity index (χ3n) is 4.82. The lowest BCUT2D eigenvalue weighted by molar-refractivity contribution is 0.178. The molecule has 5 heteroatoms. The Hall–Kier alpha value is -2.72. The van der Waals surface area contributed by atoms with Crippen molar-refractivity contribution in [3.8, 4) is 5.69 Å². The molecule has 1 unspecified atom stereocenters. The molecule has 1 aliphatic rings. The van der Waals surface area contributed by atoms with E-state index in [-0.39, 0.29) is 18.1 Å². The van der Waals surface area contributed by atoms with Crippen molar-refractivity contribution in [3.05, 3.63) is 88.7 Å². The monoisotopic (exact) mass is 379 g/mol. The summed E-state index contributed by atoms with van der Waals surface area (Å²) >= 11 is 6.10. The third-order valence-corrected chi connectivity index (χ3v) is 5.07. The number of hydrogen-bond donors (Lipinski definition) is 1. The van der Waals surface area contributed by atoms with Gasteiger partial charge in [0.05, 0.1) is 18.3 Å². The first kappa shape index (κ1) is 17.7. The zero-order valence-corrected chi connectivity index (χ0v) is 16.1. The van der Waals surface area contributed by atoms with E-state index in [1.807, 2.05) is 61.2 Å². The minimum absolute atomic E-state index is 0.0636. The predicted molar refractivity (Wildman–Crippen MR) is 108 cm³/mol. The van der Waals surface area contributed by atoms with Crippen molar-refractivity contribution in [3.63, 3.8) is 0 Å². The fourth-order valence-electron chi connectivity index (χ4n) is 3.67. The maximum atomic E-state index is 13.1. The average molecular weight is 380 g/mol. The van der Waals surface area contributed by atoms with Gasteiger partial charge in [-0.1, -0.05) is 41.9 Å². The highest BCUT2D eigenvalue weighted by molar-refractivity contribution is 6.30. The molecule has 1 N–H and O–H groups in total. The molecule has 0 bridgehead atoms. The van der Waals surface area contributed by atoms with Crippen molar-refractivity contribution < 1.29 is 4.79 Å². The lowest BCUT2D eigenvalue weighted by Gasteiger charge is -2.31. The summed E-state index contributed by atoms with van der Waals surface area (Å²) in [6.07, 6.45) is 2.06. The van der Waals surface area contributed by atoms with E-state index in [1.54, 1.807) is 0 Å². The fraction of sp³-hybridized carbons (Fsp3) is 0.227. The first-order chi connectivity index (χ1) is 13.0. The topological polar surface area (TPSA) is 37.3 Å². The number of carbonyl (C=O) groups is 1. The smallest absolute Gasteiger partial charge is 0.318 e. The zero-order chi connectivity index (χ0) is 19.0. The van der Waals surface area contributed by atoms with Gasteiger partial charge in [0.1, 0.15) is 0 Å². The second-order valence-corrected chi connectivity index (χ2v) is 7.55. The van der Waals surface area contributed by atoms with E-state index in [2.05, 4.69) is 34.3 Å². The molecule has 2 heterocycles. The summed E-state index contributed by atoms with van der Waals surface area (Å²) in [6.45, 7) is 4.48. The van der Waals surface area contributed by atoms with Crippen LogP contribution in [-0.2, 0) is 6.54 Å². The molecule has 138 valence electrons. The van der Waals surface area contributed by atoms with Crippen LogP contribution in [0.15, 0.2) is 66.9 Å². The molecule has 0 spiro atoms. The number of amides is 2. The average Bonchev–Trinajstić information content (AvgIpc) is 3.06. The van der Waals surface area contributed by atoms with Crippen LogP contribution < -0.4 is 5.32 Å². The second kappa shape index (κ2) is 7.12. The number of halogens is 1. The van der Waals surface area contributed by atoms with Gasteiger partial charge in [-0.3, -0.25) is 0 Å². The highest BCUT2D eigenvalue weighted by atomic mass is 35.5. The highest BCUT2D eigenvalue weighted by Crippen LogP contribution is 2.36. The molecule has 4 rings (SSSR count). The molecule has 27 heavy (non-hydrogen) atoms. The number of fused-ring (bicyclic) bond motifs is 3. The molecule has 2 aromatic carbocycles. The fourth-order valence-corrected chi connectivity index (χ4v) is 3.79. The van der Waals surface area contributed by atoms with Crippen LogP contribution in [0.25, 0.3) is 5.69 Å². The number of benzene rings is 2. The molecule has 0 saturated heterocycles. The van der Waals surface area contributed by atoms with Gasteiger partial charge >= 0.3 is 6.03 Å². The molecular formula is C22H22ClN3O. The molecule has 0 radical (unpaired) electrons. The van der Waals surface area contributed by atoms with Crippen molar-refractivity contribution >= 4 is 17.6 Å². The second-order valence-electron chi connectivity index (χ2n) is 7.12. The number of hydrogen-bond acceptors (Lipinski definition) is 1. The molecule has 3 aromatic rings. The molecule has 2 amide bonds. The van der Waals surface area contributed by atoms with Gasteiger partial charge in [0.15, 0.2) is 0 Å². The molecular weight excluding hydrogens is 358 g/mol. The first-order valence-corrected chi connectivity index (χ1v) is 9.50.